The summed E-state index contributed by atoms with van der Waals surface area (Å²) in [5, 5.41) is 0. The SMILES string of the molecule is CCCc1ccc(N2C[C@@H](C(=O)NNC(=O)C(C)C)CC2=O)cc1. The molecule has 0 saturated carbocycles. The van der Waals surface area contributed by atoms with Crippen LogP contribution < -0.4 is 15.8 Å². The Morgan fingerprint density at radius 3 is 2.46 bits per heavy atom. The highest BCUT2D eigenvalue weighted by Crippen LogP contribution is 2.25. The minimum Gasteiger partial charge on any atom is -0.312 e. The van der Waals surface area contributed by atoms with Crippen molar-refractivity contribution < 1.29 is 14.4 Å². The third kappa shape index (κ3) is 4.34. The predicted octanol–water partition coefficient (Wildman–Crippen LogP) is 1.80. The molecule has 24 heavy (non-hydrogen) atoms. The Hall–Kier alpha value is -2.37. The second kappa shape index (κ2) is 7.95. The lowest BCUT2D eigenvalue weighted by Crippen LogP contribution is -2.46. The molecule has 3 amide bonds. The first kappa shape index (κ1) is 18.0. The van der Waals surface area contributed by atoms with Crippen molar-refractivity contribution >= 4 is 23.4 Å². The van der Waals surface area contributed by atoms with Crippen LogP contribution in [0.5, 0.6) is 0 Å². The molecule has 130 valence electrons. The molecule has 0 aliphatic carbocycles. The van der Waals surface area contributed by atoms with Gasteiger partial charge in [-0.3, -0.25) is 25.2 Å². The summed E-state index contributed by atoms with van der Waals surface area (Å²) in [5.41, 5.74) is 6.83. The van der Waals surface area contributed by atoms with Crippen LogP contribution in [0.1, 0.15) is 39.2 Å². The van der Waals surface area contributed by atoms with Crippen molar-refractivity contribution in [2.75, 3.05) is 11.4 Å². The molecule has 0 bridgehead atoms. The first-order valence-electron chi connectivity index (χ1n) is 8.41. The van der Waals surface area contributed by atoms with E-state index < -0.39 is 5.92 Å². The van der Waals surface area contributed by atoms with Gasteiger partial charge in [0, 0.05) is 24.6 Å². The fourth-order valence-electron chi connectivity index (χ4n) is 2.63. The summed E-state index contributed by atoms with van der Waals surface area (Å²) in [4.78, 5) is 37.5. The lowest BCUT2D eigenvalue weighted by Gasteiger charge is -2.17. The average molecular weight is 331 g/mol. The number of hydrazine groups is 1. The molecule has 0 radical (unpaired) electrons. The number of nitrogens with zero attached hydrogens (tertiary/aromatic N) is 1. The van der Waals surface area contributed by atoms with Crippen molar-refractivity contribution in [2.24, 2.45) is 11.8 Å². The second-order valence-electron chi connectivity index (χ2n) is 6.46. The summed E-state index contributed by atoms with van der Waals surface area (Å²) in [5.74, 6) is -1.33. The van der Waals surface area contributed by atoms with Gasteiger partial charge in [-0.1, -0.05) is 39.3 Å². The molecule has 1 aromatic carbocycles. The van der Waals surface area contributed by atoms with Crippen LogP contribution in [0.4, 0.5) is 5.69 Å². The Kier molecular flexibility index (Phi) is 5.95. The van der Waals surface area contributed by atoms with Gasteiger partial charge in [0.25, 0.3) is 0 Å². The maximum atomic E-state index is 12.2. The van der Waals surface area contributed by atoms with E-state index in [2.05, 4.69) is 17.8 Å². The van der Waals surface area contributed by atoms with Crippen LogP contribution in [0.2, 0.25) is 0 Å². The zero-order chi connectivity index (χ0) is 17.7. The van der Waals surface area contributed by atoms with Gasteiger partial charge in [-0.25, -0.2) is 0 Å². The summed E-state index contributed by atoms with van der Waals surface area (Å²) >= 11 is 0. The Morgan fingerprint density at radius 1 is 1.21 bits per heavy atom. The Bertz CT molecular complexity index is 610. The van der Waals surface area contributed by atoms with Crippen LogP contribution >= 0.6 is 0 Å². The van der Waals surface area contributed by atoms with Crippen molar-refractivity contribution in [1.29, 1.82) is 0 Å². The van der Waals surface area contributed by atoms with Gasteiger partial charge in [0.05, 0.1) is 5.92 Å². The number of benzene rings is 1. The van der Waals surface area contributed by atoms with Crippen molar-refractivity contribution in [2.45, 2.75) is 40.0 Å². The van der Waals surface area contributed by atoms with E-state index in [4.69, 9.17) is 0 Å². The van der Waals surface area contributed by atoms with Gasteiger partial charge in [-0.05, 0) is 24.1 Å². The summed E-state index contributed by atoms with van der Waals surface area (Å²) in [6.45, 7) is 5.93. The fourth-order valence-corrected chi connectivity index (χ4v) is 2.63. The van der Waals surface area contributed by atoms with Crippen LogP contribution in [0.15, 0.2) is 24.3 Å². The van der Waals surface area contributed by atoms with E-state index in [0.717, 1.165) is 18.5 Å². The van der Waals surface area contributed by atoms with Crippen LogP contribution in [-0.4, -0.2) is 24.3 Å². The van der Waals surface area contributed by atoms with E-state index in [1.807, 2.05) is 24.3 Å². The molecule has 1 aliphatic rings. The van der Waals surface area contributed by atoms with Crippen molar-refractivity contribution in [3.8, 4) is 0 Å². The molecule has 0 spiro atoms. The quantitative estimate of drug-likeness (QED) is 0.808. The number of nitrogens with one attached hydrogen (secondary N) is 2. The molecule has 1 aromatic rings. The number of carbonyl (C=O) groups is 3. The van der Waals surface area contributed by atoms with Gasteiger partial charge in [-0.15, -0.1) is 0 Å². The van der Waals surface area contributed by atoms with Gasteiger partial charge >= 0.3 is 0 Å². The number of amides is 3. The standard InChI is InChI=1S/C18H25N3O3/c1-4-5-13-6-8-15(9-7-13)21-11-14(10-16(21)22)18(24)20-19-17(23)12(2)3/h6-9,12,14H,4-5,10-11H2,1-3H3,(H,19,23)(H,20,24)/t14-/m0/s1. The average Bonchev–Trinajstić information content (AvgIpc) is 2.95. The zero-order valence-electron chi connectivity index (χ0n) is 14.5. The van der Waals surface area contributed by atoms with E-state index in [-0.39, 0.29) is 30.1 Å². The van der Waals surface area contributed by atoms with E-state index >= 15 is 0 Å². The number of anilines is 1. The minimum atomic E-state index is -0.458. The molecule has 6 heteroatoms. The van der Waals surface area contributed by atoms with E-state index in [1.165, 1.54) is 5.56 Å². The molecule has 1 saturated heterocycles. The number of rotatable bonds is 5. The number of hydrogen-bond donors (Lipinski definition) is 2. The maximum Gasteiger partial charge on any atom is 0.243 e. The molecule has 6 nitrogen and oxygen atoms in total. The maximum absolute atomic E-state index is 12.2. The minimum absolute atomic E-state index is 0.0754. The van der Waals surface area contributed by atoms with Crippen LogP contribution in [0.25, 0.3) is 0 Å². The molecule has 1 aliphatic heterocycles. The molecular weight excluding hydrogens is 306 g/mol. The van der Waals surface area contributed by atoms with Crippen LogP contribution in [0, 0.1) is 11.8 Å². The predicted molar refractivity (Wildman–Crippen MR) is 92.0 cm³/mol. The molecule has 0 unspecified atom stereocenters. The van der Waals surface area contributed by atoms with Crippen molar-refractivity contribution in [3.05, 3.63) is 29.8 Å². The lowest BCUT2D eigenvalue weighted by atomic mass is 10.1. The highest BCUT2D eigenvalue weighted by molar-refractivity contribution is 6.00. The monoisotopic (exact) mass is 331 g/mol. The number of carbonyl (C=O) groups excluding carboxylic acids is 3. The summed E-state index contributed by atoms with van der Waals surface area (Å²) < 4.78 is 0. The number of aryl methyl sites for hydroxylation is 1. The van der Waals surface area contributed by atoms with Crippen LogP contribution in [-0.2, 0) is 20.8 Å². The highest BCUT2D eigenvalue weighted by atomic mass is 16.2. The third-order valence-corrected chi connectivity index (χ3v) is 4.12. The van der Waals surface area contributed by atoms with Gasteiger partial charge < -0.3 is 4.90 Å². The van der Waals surface area contributed by atoms with E-state index in [0.29, 0.717) is 6.54 Å². The van der Waals surface area contributed by atoms with Crippen LogP contribution in [0.3, 0.4) is 0 Å². The molecule has 1 atom stereocenters. The Morgan fingerprint density at radius 2 is 1.88 bits per heavy atom. The second-order valence-corrected chi connectivity index (χ2v) is 6.46. The molecule has 2 N–H and O–H groups in total. The molecule has 1 fully saturated rings. The van der Waals surface area contributed by atoms with Gasteiger partial charge in [0.1, 0.15) is 0 Å². The summed E-state index contributed by atoms with van der Waals surface area (Å²) in [7, 11) is 0. The number of hydrogen-bond acceptors (Lipinski definition) is 3. The lowest BCUT2D eigenvalue weighted by molar-refractivity contribution is -0.132. The summed E-state index contributed by atoms with van der Waals surface area (Å²) in [6.07, 6.45) is 2.24. The zero-order valence-corrected chi connectivity index (χ0v) is 14.5. The van der Waals surface area contributed by atoms with E-state index in [1.54, 1.807) is 18.7 Å². The van der Waals surface area contributed by atoms with Gasteiger partial charge in [-0.2, -0.15) is 0 Å². The van der Waals surface area contributed by atoms with Gasteiger partial charge in [0.2, 0.25) is 17.7 Å². The topological polar surface area (TPSA) is 78.5 Å². The first-order chi connectivity index (χ1) is 11.4. The van der Waals surface area contributed by atoms with Crippen molar-refractivity contribution in [3.63, 3.8) is 0 Å². The summed E-state index contributed by atoms with van der Waals surface area (Å²) in [6, 6.07) is 7.87. The molecule has 0 aromatic heterocycles. The molecule has 1 heterocycles. The third-order valence-electron chi connectivity index (χ3n) is 4.12. The Labute approximate surface area is 142 Å². The highest BCUT2D eigenvalue weighted by Gasteiger charge is 2.35. The molecular formula is C18H25N3O3. The van der Waals surface area contributed by atoms with E-state index in [9.17, 15) is 14.4 Å². The van der Waals surface area contributed by atoms with Crippen molar-refractivity contribution in [1.82, 2.24) is 10.9 Å². The first-order valence-corrected chi connectivity index (χ1v) is 8.41. The van der Waals surface area contributed by atoms with Gasteiger partial charge in [0.15, 0.2) is 0 Å². The largest absolute Gasteiger partial charge is 0.312 e. The Balaban J connectivity index is 1.95. The normalized spacial score (nSPS) is 17.2. The molecule has 2 rings (SSSR count). The smallest absolute Gasteiger partial charge is 0.243 e. The fraction of sp³-hybridized carbons (Fsp3) is 0.500.